The summed E-state index contributed by atoms with van der Waals surface area (Å²) in [5, 5.41) is 27.0. The summed E-state index contributed by atoms with van der Waals surface area (Å²) in [7, 11) is 3.26. The first-order valence-corrected chi connectivity index (χ1v) is 9.94. The normalized spacial score (nSPS) is 28.5. The van der Waals surface area contributed by atoms with Gasteiger partial charge in [-0.3, -0.25) is 9.78 Å². The number of hydrogen-bond donors (Lipinski definition) is 4. The van der Waals surface area contributed by atoms with Crippen LogP contribution in [-0.2, 0) is 4.79 Å². The van der Waals surface area contributed by atoms with E-state index in [9.17, 15) is 15.0 Å². The third-order valence-corrected chi connectivity index (χ3v) is 6.30. The highest BCUT2D eigenvalue weighted by Crippen LogP contribution is 2.67. The lowest BCUT2D eigenvalue weighted by Crippen LogP contribution is -2.41. The lowest BCUT2D eigenvalue weighted by molar-refractivity contribution is -0.132. The fraction of sp³-hybridized carbons (Fsp3) is 0.381. The summed E-state index contributed by atoms with van der Waals surface area (Å²) in [5.41, 5.74) is 0.810. The molecule has 2 aliphatic carbocycles. The number of aliphatic hydroxyl groups is 2. The minimum absolute atomic E-state index is 0.214. The molecule has 3 aromatic heterocycles. The molecule has 31 heavy (non-hydrogen) atoms. The minimum Gasteiger partial charge on any atom is -0.389 e. The lowest BCUT2D eigenvalue weighted by Gasteiger charge is -2.23. The van der Waals surface area contributed by atoms with Crippen molar-refractivity contribution in [1.82, 2.24) is 29.8 Å². The fourth-order valence-corrected chi connectivity index (χ4v) is 4.71. The number of nitrogens with zero attached hydrogens (tertiary/aromatic N) is 5. The predicted molar refractivity (Wildman–Crippen MR) is 111 cm³/mol. The number of aliphatic hydroxyl groups excluding tert-OH is 2. The van der Waals surface area contributed by atoms with Crippen molar-refractivity contribution in [1.29, 1.82) is 0 Å². The number of rotatable bonds is 3. The van der Waals surface area contributed by atoms with Gasteiger partial charge >= 0.3 is 0 Å². The molecule has 5 rings (SSSR count). The Balaban J connectivity index is 1.58. The van der Waals surface area contributed by atoms with Crippen LogP contribution in [0.25, 0.3) is 11.2 Å². The van der Waals surface area contributed by atoms with Crippen LogP contribution >= 0.6 is 0 Å². The molecular formula is C21H21N7O3. The van der Waals surface area contributed by atoms with Crippen molar-refractivity contribution in [2.75, 3.05) is 19.4 Å². The zero-order valence-electron chi connectivity index (χ0n) is 16.9. The summed E-state index contributed by atoms with van der Waals surface area (Å²) in [5.74, 6) is 6.28. The van der Waals surface area contributed by atoms with Gasteiger partial charge in [0.2, 0.25) is 11.7 Å². The van der Waals surface area contributed by atoms with Crippen molar-refractivity contribution >= 4 is 22.9 Å². The summed E-state index contributed by atoms with van der Waals surface area (Å²) in [6.45, 7) is 0. The Labute approximate surface area is 177 Å². The maximum absolute atomic E-state index is 12.4. The summed E-state index contributed by atoms with van der Waals surface area (Å²) >= 11 is 0. The highest BCUT2D eigenvalue weighted by molar-refractivity contribution is 5.88. The first-order valence-electron chi connectivity index (χ1n) is 9.94. The van der Waals surface area contributed by atoms with E-state index in [-0.39, 0.29) is 17.6 Å². The van der Waals surface area contributed by atoms with Crippen molar-refractivity contribution in [2.24, 2.45) is 11.3 Å². The Bertz CT molecular complexity index is 1230. The Hall–Kier alpha value is -3.55. The van der Waals surface area contributed by atoms with Gasteiger partial charge in [-0.2, -0.15) is 0 Å². The molecule has 5 atom stereocenters. The van der Waals surface area contributed by atoms with Crippen molar-refractivity contribution in [3.8, 4) is 11.8 Å². The first kappa shape index (κ1) is 19.4. The molecule has 0 aromatic carbocycles. The molecule has 0 spiro atoms. The van der Waals surface area contributed by atoms with Gasteiger partial charge in [0.05, 0.1) is 23.9 Å². The van der Waals surface area contributed by atoms with E-state index in [0.29, 0.717) is 23.4 Å². The lowest BCUT2D eigenvalue weighted by atomic mass is 9.98. The number of amides is 1. The van der Waals surface area contributed by atoms with E-state index in [1.165, 1.54) is 7.05 Å². The number of carbonyl (C=O) groups excluding carboxylic acids is 1. The van der Waals surface area contributed by atoms with Crippen LogP contribution < -0.4 is 10.6 Å². The number of anilines is 1. The van der Waals surface area contributed by atoms with Gasteiger partial charge in [-0.15, -0.1) is 0 Å². The van der Waals surface area contributed by atoms with Crippen LogP contribution in [0.4, 0.5) is 5.82 Å². The van der Waals surface area contributed by atoms with Gasteiger partial charge in [-0.1, -0.05) is 5.92 Å². The summed E-state index contributed by atoms with van der Waals surface area (Å²) in [4.78, 5) is 29.8. The van der Waals surface area contributed by atoms with Gasteiger partial charge in [0, 0.05) is 38.0 Å². The van der Waals surface area contributed by atoms with Crippen LogP contribution in [0.3, 0.4) is 0 Å². The van der Waals surface area contributed by atoms with E-state index in [0.717, 1.165) is 5.56 Å². The summed E-state index contributed by atoms with van der Waals surface area (Å²) in [6.07, 6.45) is 3.10. The fourth-order valence-electron chi connectivity index (χ4n) is 4.71. The van der Waals surface area contributed by atoms with Gasteiger partial charge < -0.3 is 25.4 Å². The molecule has 4 N–H and O–H groups in total. The predicted octanol–water partition coefficient (Wildman–Crippen LogP) is -0.308. The second kappa shape index (κ2) is 7.01. The number of nitrogens with one attached hydrogen (secondary N) is 2. The average Bonchev–Trinajstić information content (AvgIpc) is 3.34. The molecular weight excluding hydrogens is 398 g/mol. The van der Waals surface area contributed by atoms with Crippen LogP contribution in [0.5, 0.6) is 0 Å². The maximum Gasteiger partial charge on any atom is 0.229 e. The molecule has 0 saturated heterocycles. The molecule has 10 heteroatoms. The number of imidazole rings is 1. The second-order valence-corrected chi connectivity index (χ2v) is 7.81. The standard InChI is InChI=1S/C21H21N7O3/c1-22-18-14-19(27-13(26-18)4-3-11-5-7-24-8-6-11)28(10-25-14)15-12-9-21(12,20(31)23-2)17(30)16(15)29/h5-8,10,12,15-17,29-30H,9H2,1-2H3,(H,23,31)(H,22,26,27)/t12?,15-,16+,17+,21?/m1/s1. The van der Waals surface area contributed by atoms with E-state index < -0.39 is 23.7 Å². The van der Waals surface area contributed by atoms with Gasteiger partial charge in [0.1, 0.15) is 6.10 Å². The Morgan fingerprint density at radius 2 is 2.00 bits per heavy atom. The van der Waals surface area contributed by atoms with Crippen LogP contribution in [-0.4, -0.2) is 66.9 Å². The number of hydrogen-bond acceptors (Lipinski definition) is 8. The van der Waals surface area contributed by atoms with E-state index in [1.807, 2.05) is 0 Å². The van der Waals surface area contributed by atoms with Crippen LogP contribution in [0.1, 0.15) is 23.9 Å². The quantitative estimate of drug-likeness (QED) is 0.424. The topological polar surface area (TPSA) is 138 Å². The van der Waals surface area contributed by atoms with Crippen molar-refractivity contribution < 1.29 is 15.0 Å². The van der Waals surface area contributed by atoms with E-state index >= 15 is 0 Å². The van der Waals surface area contributed by atoms with Gasteiger partial charge in [-0.25, -0.2) is 15.0 Å². The van der Waals surface area contributed by atoms with Crippen molar-refractivity contribution in [2.45, 2.75) is 24.7 Å². The van der Waals surface area contributed by atoms with Crippen LogP contribution in [0, 0.1) is 23.2 Å². The van der Waals surface area contributed by atoms with E-state index in [4.69, 9.17) is 0 Å². The third kappa shape index (κ3) is 2.78. The SMILES string of the molecule is CNC(=O)C12CC1[C@@H](n1cnc3c(NC)nc(C#Cc4ccncc4)nc31)[C@H](O)[C@@H]2O. The minimum atomic E-state index is -1.16. The molecule has 1 amide bonds. The number of fused-ring (bicyclic) bond motifs is 2. The monoisotopic (exact) mass is 419 g/mol. The first-order chi connectivity index (χ1) is 15.0. The number of pyridine rings is 1. The zero-order chi connectivity index (χ0) is 21.8. The van der Waals surface area contributed by atoms with Crippen molar-refractivity contribution in [3.63, 3.8) is 0 Å². The van der Waals surface area contributed by atoms with Crippen LogP contribution in [0.2, 0.25) is 0 Å². The molecule has 0 radical (unpaired) electrons. The number of carbonyl (C=O) groups is 1. The van der Waals surface area contributed by atoms with E-state index in [2.05, 4.69) is 42.4 Å². The summed E-state index contributed by atoms with van der Waals surface area (Å²) < 4.78 is 1.73. The van der Waals surface area contributed by atoms with Gasteiger partial charge in [0.25, 0.3) is 0 Å². The highest BCUT2D eigenvalue weighted by atomic mass is 16.3. The molecule has 0 aliphatic heterocycles. The average molecular weight is 419 g/mol. The molecule has 10 nitrogen and oxygen atoms in total. The number of aromatic nitrogens is 5. The van der Waals surface area contributed by atoms with Gasteiger partial charge in [0.15, 0.2) is 17.0 Å². The molecule has 2 aliphatic rings. The maximum atomic E-state index is 12.4. The molecule has 3 heterocycles. The molecule has 2 saturated carbocycles. The third-order valence-electron chi connectivity index (χ3n) is 6.30. The molecule has 2 unspecified atom stereocenters. The second-order valence-electron chi connectivity index (χ2n) is 7.81. The molecule has 0 bridgehead atoms. The van der Waals surface area contributed by atoms with E-state index in [1.54, 1.807) is 42.5 Å². The largest absolute Gasteiger partial charge is 0.389 e. The Kier molecular flexibility index (Phi) is 4.39. The van der Waals surface area contributed by atoms with Crippen molar-refractivity contribution in [3.05, 3.63) is 42.2 Å². The summed E-state index contributed by atoms with van der Waals surface area (Å²) in [6, 6.07) is 3.05. The molecule has 3 aromatic rings. The van der Waals surface area contributed by atoms with Crippen LogP contribution in [0.15, 0.2) is 30.9 Å². The molecule has 2 fully saturated rings. The van der Waals surface area contributed by atoms with Gasteiger partial charge in [-0.05, 0) is 24.5 Å². The Morgan fingerprint density at radius 3 is 2.71 bits per heavy atom. The highest BCUT2D eigenvalue weighted by Gasteiger charge is 2.75. The zero-order valence-corrected chi connectivity index (χ0v) is 16.9. The Morgan fingerprint density at radius 1 is 1.23 bits per heavy atom. The molecule has 158 valence electrons. The smallest absolute Gasteiger partial charge is 0.229 e.